The summed E-state index contributed by atoms with van der Waals surface area (Å²) in [6.45, 7) is 2.92. The summed E-state index contributed by atoms with van der Waals surface area (Å²) >= 11 is 0. The molecule has 3 rings (SSSR count). The molecule has 5 nitrogen and oxygen atoms in total. The SMILES string of the molecule is O=C1CC(NCCc2ccc3c(c2)OCCO3)CCCN1. The van der Waals surface area contributed by atoms with Gasteiger partial charge in [-0.1, -0.05) is 6.07 Å². The minimum atomic E-state index is 0.157. The number of benzene rings is 1. The van der Waals surface area contributed by atoms with Crippen molar-refractivity contribution in [1.82, 2.24) is 10.6 Å². The largest absolute Gasteiger partial charge is 0.486 e. The molecule has 1 saturated heterocycles. The van der Waals surface area contributed by atoms with Gasteiger partial charge in [0, 0.05) is 19.0 Å². The summed E-state index contributed by atoms with van der Waals surface area (Å²) in [5.41, 5.74) is 1.23. The van der Waals surface area contributed by atoms with Crippen LogP contribution in [0.4, 0.5) is 0 Å². The molecule has 2 aliphatic rings. The number of fused-ring (bicyclic) bond motifs is 1. The lowest BCUT2D eigenvalue weighted by molar-refractivity contribution is -0.121. The molecule has 1 aromatic rings. The first-order valence-electron chi connectivity index (χ1n) is 7.70. The van der Waals surface area contributed by atoms with E-state index >= 15 is 0 Å². The highest BCUT2D eigenvalue weighted by atomic mass is 16.6. The van der Waals surface area contributed by atoms with Gasteiger partial charge in [-0.25, -0.2) is 0 Å². The maximum absolute atomic E-state index is 11.5. The second-order valence-corrected chi connectivity index (χ2v) is 5.58. The third-order valence-corrected chi connectivity index (χ3v) is 3.94. The molecule has 114 valence electrons. The molecule has 21 heavy (non-hydrogen) atoms. The molecule has 1 unspecified atom stereocenters. The normalized spacial score (nSPS) is 21.5. The van der Waals surface area contributed by atoms with Gasteiger partial charge >= 0.3 is 0 Å². The molecule has 0 saturated carbocycles. The first kappa shape index (κ1) is 14.2. The van der Waals surface area contributed by atoms with Gasteiger partial charge in [-0.2, -0.15) is 0 Å². The summed E-state index contributed by atoms with van der Waals surface area (Å²) < 4.78 is 11.1. The van der Waals surface area contributed by atoms with Gasteiger partial charge in [-0.15, -0.1) is 0 Å². The quantitative estimate of drug-likeness (QED) is 0.876. The van der Waals surface area contributed by atoms with E-state index in [2.05, 4.69) is 22.8 Å². The molecule has 0 aliphatic carbocycles. The first-order valence-corrected chi connectivity index (χ1v) is 7.70. The highest BCUT2D eigenvalue weighted by Gasteiger charge is 2.16. The van der Waals surface area contributed by atoms with Gasteiger partial charge in [0.2, 0.25) is 5.91 Å². The molecule has 2 heterocycles. The predicted molar refractivity (Wildman–Crippen MR) is 79.8 cm³/mol. The standard InChI is InChI=1S/C16H22N2O3/c19-16-11-13(2-1-6-18-16)17-7-5-12-3-4-14-15(10-12)21-9-8-20-14/h3-4,10,13,17H,1-2,5-9,11H2,(H,18,19). The Morgan fingerprint density at radius 2 is 2.10 bits per heavy atom. The van der Waals surface area contributed by atoms with Crippen LogP contribution in [0.15, 0.2) is 18.2 Å². The topological polar surface area (TPSA) is 59.6 Å². The van der Waals surface area contributed by atoms with Crippen LogP contribution in [0.1, 0.15) is 24.8 Å². The predicted octanol–water partition coefficient (Wildman–Crippen LogP) is 1.26. The maximum Gasteiger partial charge on any atom is 0.221 e. The summed E-state index contributed by atoms with van der Waals surface area (Å²) in [5, 5.41) is 6.40. The molecule has 0 bridgehead atoms. The van der Waals surface area contributed by atoms with Crippen molar-refractivity contribution >= 4 is 5.91 Å². The van der Waals surface area contributed by atoms with E-state index in [1.807, 2.05) is 6.07 Å². The van der Waals surface area contributed by atoms with Crippen LogP contribution in [-0.2, 0) is 11.2 Å². The van der Waals surface area contributed by atoms with Crippen molar-refractivity contribution in [1.29, 1.82) is 0 Å². The molecule has 1 atom stereocenters. The van der Waals surface area contributed by atoms with E-state index in [1.165, 1.54) is 5.56 Å². The van der Waals surface area contributed by atoms with Crippen molar-refractivity contribution in [2.75, 3.05) is 26.3 Å². The van der Waals surface area contributed by atoms with Crippen molar-refractivity contribution in [3.05, 3.63) is 23.8 Å². The van der Waals surface area contributed by atoms with Crippen LogP contribution in [0.3, 0.4) is 0 Å². The van der Waals surface area contributed by atoms with Crippen LogP contribution >= 0.6 is 0 Å². The van der Waals surface area contributed by atoms with E-state index in [1.54, 1.807) is 0 Å². The molecular formula is C16H22N2O3. The first-order chi connectivity index (χ1) is 10.3. The fraction of sp³-hybridized carbons (Fsp3) is 0.562. The summed E-state index contributed by atoms with van der Waals surface area (Å²) in [6, 6.07) is 6.40. The Hall–Kier alpha value is -1.75. The number of hydrogen-bond donors (Lipinski definition) is 2. The van der Waals surface area contributed by atoms with E-state index < -0.39 is 0 Å². The summed E-state index contributed by atoms with van der Waals surface area (Å²) in [4.78, 5) is 11.5. The highest BCUT2D eigenvalue weighted by Crippen LogP contribution is 2.30. The minimum Gasteiger partial charge on any atom is -0.486 e. The third-order valence-electron chi connectivity index (χ3n) is 3.94. The Kier molecular flexibility index (Phi) is 4.60. The molecule has 0 spiro atoms. The van der Waals surface area contributed by atoms with Crippen molar-refractivity contribution in [3.63, 3.8) is 0 Å². The lowest BCUT2D eigenvalue weighted by atomic mass is 10.1. The van der Waals surface area contributed by atoms with E-state index in [-0.39, 0.29) is 5.91 Å². The Morgan fingerprint density at radius 1 is 1.24 bits per heavy atom. The van der Waals surface area contributed by atoms with Gasteiger partial charge < -0.3 is 20.1 Å². The van der Waals surface area contributed by atoms with Gasteiger partial charge in [0.15, 0.2) is 11.5 Å². The molecule has 0 radical (unpaired) electrons. The van der Waals surface area contributed by atoms with Crippen molar-refractivity contribution in [3.8, 4) is 11.5 Å². The Labute approximate surface area is 125 Å². The van der Waals surface area contributed by atoms with E-state index in [9.17, 15) is 4.79 Å². The molecular weight excluding hydrogens is 268 g/mol. The van der Waals surface area contributed by atoms with Crippen LogP contribution in [0, 0.1) is 0 Å². The maximum atomic E-state index is 11.5. The van der Waals surface area contributed by atoms with Gasteiger partial charge in [0.1, 0.15) is 13.2 Å². The number of carbonyl (C=O) groups excluding carboxylic acids is 1. The van der Waals surface area contributed by atoms with Crippen LogP contribution in [0.25, 0.3) is 0 Å². The molecule has 1 fully saturated rings. The minimum absolute atomic E-state index is 0.157. The summed E-state index contributed by atoms with van der Waals surface area (Å²) in [6.07, 6.45) is 3.61. The van der Waals surface area contributed by atoms with Crippen LogP contribution < -0.4 is 20.1 Å². The van der Waals surface area contributed by atoms with E-state index in [0.29, 0.717) is 25.7 Å². The van der Waals surface area contributed by atoms with Crippen molar-refractivity contribution in [2.24, 2.45) is 0 Å². The Bertz CT molecular complexity index is 504. The lowest BCUT2D eigenvalue weighted by Gasteiger charge is -2.19. The smallest absolute Gasteiger partial charge is 0.221 e. The number of hydrogen-bond acceptors (Lipinski definition) is 4. The average molecular weight is 290 g/mol. The van der Waals surface area contributed by atoms with Crippen LogP contribution in [-0.4, -0.2) is 38.3 Å². The molecule has 2 aliphatic heterocycles. The fourth-order valence-corrected chi connectivity index (χ4v) is 2.81. The fourth-order valence-electron chi connectivity index (χ4n) is 2.81. The summed E-state index contributed by atoms with van der Waals surface area (Å²) in [5.74, 6) is 1.83. The van der Waals surface area contributed by atoms with E-state index in [0.717, 1.165) is 43.9 Å². The van der Waals surface area contributed by atoms with Crippen molar-refractivity contribution in [2.45, 2.75) is 31.7 Å². The van der Waals surface area contributed by atoms with Crippen LogP contribution in [0.5, 0.6) is 11.5 Å². The average Bonchev–Trinajstić information content (AvgIpc) is 2.71. The number of nitrogens with one attached hydrogen (secondary N) is 2. The molecule has 0 aromatic heterocycles. The Morgan fingerprint density at radius 3 is 3.00 bits per heavy atom. The number of carbonyl (C=O) groups is 1. The monoisotopic (exact) mass is 290 g/mol. The molecule has 2 N–H and O–H groups in total. The van der Waals surface area contributed by atoms with Crippen molar-refractivity contribution < 1.29 is 14.3 Å². The van der Waals surface area contributed by atoms with Crippen LogP contribution in [0.2, 0.25) is 0 Å². The zero-order valence-electron chi connectivity index (χ0n) is 12.2. The third kappa shape index (κ3) is 3.88. The number of rotatable bonds is 4. The zero-order valence-corrected chi connectivity index (χ0v) is 12.2. The lowest BCUT2D eigenvalue weighted by Crippen LogP contribution is -2.33. The van der Waals surface area contributed by atoms with Gasteiger partial charge in [-0.05, 0) is 43.5 Å². The zero-order chi connectivity index (χ0) is 14.5. The molecule has 1 aromatic carbocycles. The number of amides is 1. The number of ether oxygens (including phenoxy) is 2. The molecule has 1 amide bonds. The van der Waals surface area contributed by atoms with E-state index in [4.69, 9.17) is 9.47 Å². The molecule has 5 heteroatoms. The van der Waals surface area contributed by atoms with Gasteiger partial charge in [-0.3, -0.25) is 4.79 Å². The highest BCUT2D eigenvalue weighted by molar-refractivity contribution is 5.76. The van der Waals surface area contributed by atoms with Gasteiger partial charge in [0.25, 0.3) is 0 Å². The second kappa shape index (κ2) is 6.80. The summed E-state index contributed by atoms with van der Waals surface area (Å²) in [7, 11) is 0. The second-order valence-electron chi connectivity index (χ2n) is 5.58. The van der Waals surface area contributed by atoms with Gasteiger partial charge in [0.05, 0.1) is 0 Å². The Balaban J connectivity index is 1.49.